The van der Waals surface area contributed by atoms with Gasteiger partial charge in [-0.1, -0.05) is 57.2 Å². The van der Waals surface area contributed by atoms with Gasteiger partial charge in [-0.3, -0.25) is 9.10 Å². The summed E-state index contributed by atoms with van der Waals surface area (Å²) >= 11 is 0. The zero-order chi connectivity index (χ0) is 20.1. The first kappa shape index (κ1) is 20.6. The molecule has 0 fully saturated rings. The minimum atomic E-state index is -3.89. The van der Waals surface area contributed by atoms with Crippen molar-refractivity contribution in [2.24, 2.45) is 10.5 Å². The summed E-state index contributed by atoms with van der Waals surface area (Å²) in [5.74, 6) is -0.512. The molecule has 2 aromatic carbocycles. The zero-order valence-electron chi connectivity index (χ0n) is 16.0. The fourth-order valence-corrected chi connectivity index (χ4v) is 3.55. The second kappa shape index (κ2) is 8.35. The van der Waals surface area contributed by atoms with Crippen molar-refractivity contribution in [2.45, 2.75) is 32.6 Å². The maximum atomic E-state index is 13.1. The molecule has 0 aromatic heterocycles. The molecule has 2 rings (SSSR count). The Hall–Kier alpha value is -2.67. The van der Waals surface area contributed by atoms with Gasteiger partial charge in [-0.15, -0.1) is 0 Å². The normalized spacial score (nSPS) is 12.5. The van der Waals surface area contributed by atoms with Crippen LogP contribution in [0.5, 0.6) is 0 Å². The van der Waals surface area contributed by atoms with Crippen molar-refractivity contribution < 1.29 is 13.2 Å². The summed E-state index contributed by atoms with van der Waals surface area (Å²) in [4.78, 5) is 12.5. The van der Waals surface area contributed by atoms with Crippen LogP contribution in [0.1, 0.15) is 27.7 Å². The average Bonchev–Trinajstić information content (AvgIpc) is 2.64. The van der Waals surface area contributed by atoms with Crippen LogP contribution < -0.4 is 9.73 Å². The number of rotatable bonds is 6. The lowest BCUT2D eigenvalue weighted by molar-refractivity contribution is -0.119. The van der Waals surface area contributed by atoms with Gasteiger partial charge in [0.15, 0.2) is 0 Å². The molecular formula is C20H25N3O3S. The second-order valence-electron chi connectivity index (χ2n) is 7.14. The van der Waals surface area contributed by atoms with E-state index in [4.69, 9.17) is 0 Å². The highest BCUT2D eigenvalue weighted by Gasteiger charge is 2.27. The van der Waals surface area contributed by atoms with E-state index in [2.05, 4.69) is 10.5 Å². The van der Waals surface area contributed by atoms with E-state index in [9.17, 15) is 13.2 Å². The number of hydrazone groups is 1. The van der Waals surface area contributed by atoms with Crippen molar-refractivity contribution in [3.63, 3.8) is 0 Å². The lowest BCUT2D eigenvalue weighted by Gasteiger charge is -2.24. The molecule has 0 saturated carbocycles. The zero-order valence-corrected chi connectivity index (χ0v) is 16.8. The van der Waals surface area contributed by atoms with E-state index in [0.717, 1.165) is 10.0 Å². The number of benzene rings is 2. The first-order valence-electron chi connectivity index (χ1n) is 8.59. The summed E-state index contributed by atoms with van der Waals surface area (Å²) in [6.07, 6.45) is 0. The number of anilines is 1. The third-order valence-corrected chi connectivity index (χ3v) is 5.88. The molecule has 0 aliphatic heterocycles. The van der Waals surface area contributed by atoms with Gasteiger partial charge in [-0.2, -0.15) is 5.10 Å². The molecule has 7 heteroatoms. The standard InChI is InChI=1S/C20H25N3O3S/c1-16(20(2,3)4)21-22-19(24)15-23(17-11-7-5-8-12-17)27(25,26)18-13-9-6-10-14-18/h5-14H,15H2,1-4H3,(H,22,24)/b21-16-. The first-order valence-corrected chi connectivity index (χ1v) is 10.0. The van der Waals surface area contributed by atoms with Crippen LogP contribution in [0.15, 0.2) is 70.7 Å². The van der Waals surface area contributed by atoms with Gasteiger partial charge in [0.2, 0.25) is 0 Å². The summed E-state index contributed by atoms with van der Waals surface area (Å²) in [7, 11) is -3.89. The minimum absolute atomic E-state index is 0.121. The third-order valence-electron chi connectivity index (χ3n) is 4.10. The number of hydrogen-bond acceptors (Lipinski definition) is 4. The Kier molecular flexibility index (Phi) is 6.38. The third kappa shape index (κ3) is 5.40. The van der Waals surface area contributed by atoms with Crippen LogP contribution >= 0.6 is 0 Å². The molecule has 0 saturated heterocycles. The van der Waals surface area contributed by atoms with Crippen molar-refractivity contribution in [3.05, 3.63) is 60.7 Å². The molecule has 1 amide bonds. The Labute approximate surface area is 161 Å². The van der Waals surface area contributed by atoms with Crippen LogP contribution in [-0.2, 0) is 14.8 Å². The van der Waals surface area contributed by atoms with Gasteiger partial charge in [-0.25, -0.2) is 13.8 Å². The van der Waals surface area contributed by atoms with E-state index in [0.29, 0.717) is 5.69 Å². The fourth-order valence-electron chi connectivity index (χ4n) is 2.11. The molecule has 0 heterocycles. The Balaban J connectivity index is 2.31. The molecule has 0 bridgehead atoms. The monoisotopic (exact) mass is 387 g/mol. The van der Waals surface area contributed by atoms with E-state index >= 15 is 0 Å². The lowest BCUT2D eigenvalue weighted by atomic mass is 9.91. The molecule has 2 aromatic rings. The van der Waals surface area contributed by atoms with Crippen molar-refractivity contribution in [3.8, 4) is 0 Å². The molecule has 0 radical (unpaired) electrons. The lowest BCUT2D eigenvalue weighted by Crippen LogP contribution is -2.40. The number of para-hydroxylation sites is 1. The summed E-state index contributed by atoms with van der Waals surface area (Å²) in [6, 6.07) is 16.6. The SMILES string of the molecule is C/C(=N/NC(=O)CN(c1ccccc1)S(=O)(=O)c1ccccc1)C(C)(C)C. The van der Waals surface area contributed by atoms with Gasteiger partial charge in [-0.05, 0) is 31.2 Å². The molecule has 0 atom stereocenters. The smallest absolute Gasteiger partial charge is 0.264 e. The number of carbonyl (C=O) groups excluding carboxylic acids is 1. The van der Waals surface area contributed by atoms with E-state index in [1.165, 1.54) is 12.1 Å². The van der Waals surface area contributed by atoms with Crippen molar-refractivity contribution in [1.82, 2.24) is 5.43 Å². The fraction of sp³-hybridized carbons (Fsp3) is 0.300. The topological polar surface area (TPSA) is 78.8 Å². The Morgan fingerprint density at radius 1 is 1.00 bits per heavy atom. The van der Waals surface area contributed by atoms with Crippen molar-refractivity contribution in [1.29, 1.82) is 0 Å². The van der Waals surface area contributed by atoms with Crippen LogP contribution in [0, 0.1) is 5.41 Å². The van der Waals surface area contributed by atoms with Crippen molar-refractivity contribution >= 4 is 27.3 Å². The quantitative estimate of drug-likeness (QED) is 0.609. The molecule has 0 spiro atoms. The molecule has 0 aliphatic rings. The summed E-state index contributed by atoms with van der Waals surface area (Å²) < 4.78 is 27.2. The second-order valence-corrected chi connectivity index (χ2v) is 9.00. The maximum absolute atomic E-state index is 13.1. The molecule has 6 nitrogen and oxygen atoms in total. The molecule has 0 unspecified atom stereocenters. The average molecular weight is 388 g/mol. The largest absolute Gasteiger partial charge is 0.271 e. The molecule has 27 heavy (non-hydrogen) atoms. The summed E-state index contributed by atoms with van der Waals surface area (Å²) in [5.41, 5.74) is 3.42. The van der Waals surface area contributed by atoms with E-state index in [1.54, 1.807) is 48.5 Å². The predicted molar refractivity (Wildman–Crippen MR) is 108 cm³/mol. The van der Waals surface area contributed by atoms with Gasteiger partial charge < -0.3 is 0 Å². The Morgan fingerprint density at radius 2 is 1.52 bits per heavy atom. The number of hydrogen-bond donors (Lipinski definition) is 1. The Bertz CT molecular complexity index is 902. The molecule has 1 N–H and O–H groups in total. The van der Waals surface area contributed by atoms with Crippen molar-refractivity contribution in [2.75, 3.05) is 10.8 Å². The highest BCUT2D eigenvalue weighted by molar-refractivity contribution is 7.92. The maximum Gasteiger partial charge on any atom is 0.264 e. The van der Waals surface area contributed by atoms with E-state index in [-0.39, 0.29) is 16.9 Å². The highest BCUT2D eigenvalue weighted by atomic mass is 32.2. The number of nitrogens with one attached hydrogen (secondary N) is 1. The number of sulfonamides is 1. The van der Waals surface area contributed by atoms with Crippen LogP contribution in [0.3, 0.4) is 0 Å². The predicted octanol–water partition coefficient (Wildman–Crippen LogP) is 3.42. The van der Waals surface area contributed by atoms with Gasteiger partial charge in [0.1, 0.15) is 6.54 Å². The number of nitrogens with zero attached hydrogens (tertiary/aromatic N) is 2. The summed E-state index contributed by atoms with van der Waals surface area (Å²) in [5, 5.41) is 4.09. The molecule has 144 valence electrons. The van der Waals surface area contributed by atoms with Crippen LogP contribution in [0.4, 0.5) is 5.69 Å². The number of carbonyl (C=O) groups is 1. The minimum Gasteiger partial charge on any atom is -0.271 e. The first-order chi connectivity index (χ1) is 12.6. The Morgan fingerprint density at radius 3 is 2.04 bits per heavy atom. The number of amides is 1. The van der Waals surface area contributed by atoms with Crippen LogP contribution in [0.25, 0.3) is 0 Å². The van der Waals surface area contributed by atoms with E-state index in [1.807, 2.05) is 27.7 Å². The molecular weight excluding hydrogens is 362 g/mol. The van der Waals surface area contributed by atoms with Gasteiger partial charge >= 0.3 is 0 Å². The highest BCUT2D eigenvalue weighted by Crippen LogP contribution is 2.23. The van der Waals surface area contributed by atoms with Crippen LogP contribution in [0.2, 0.25) is 0 Å². The summed E-state index contributed by atoms with van der Waals surface area (Å²) in [6.45, 7) is 7.38. The van der Waals surface area contributed by atoms with Crippen LogP contribution in [-0.4, -0.2) is 26.6 Å². The van der Waals surface area contributed by atoms with Gasteiger partial charge in [0.05, 0.1) is 10.6 Å². The molecule has 0 aliphatic carbocycles. The van der Waals surface area contributed by atoms with Gasteiger partial charge in [0.25, 0.3) is 15.9 Å². The van der Waals surface area contributed by atoms with Gasteiger partial charge in [0, 0.05) is 11.1 Å². The van der Waals surface area contributed by atoms with E-state index < -0.39 is 15.9 Å².